The second-order valence-corrected chi connectivity index (χ2v) is 5.57. The van der Waals surface area contributed by atoms with Crippen LogP contribution in [0.5, 0.6) is 0 Å². The molecule has 0 spiro atoms. The summed E-state index contributed by atoms with van der Waals surface area (Å²) in [6, 6.07) is 12.0. The number of benzene rings is 2. The molecule has 2 aromatic carbocycles. The van der Waals surface area contributed by atoms with Crippen molar-refractivity contribution < 1.29 is 14.0 Å². The lowest BCUT2D eigenvalue weighted by Crippen LogP contribution is -2.40. The monoisotopic (exact) mass is 349 g/mol. The van der Waals surface area contributed by atoms with Gasteiger partial charge in [0, 0.05) is 11.1 Å². The molecule has 2 rings (SSSR count). The van der Waals surface area contributed by atoms with E-state index in [1.54, 1.807) is 18.2 Å². The van der Waals surface area contributed by atoms with Crippen LogP contribution in [0.25, 0.3) is 0 Å². The van der Waals surface area contributed by atoms with Gasteiger partial charge in [0.1, 0.15) is 5.82 Å². The minimum Gasteiger partial charge on any atom is -0.305 e. The van der Waals surface area contributed by atoms with E-state index in [-0.39, 0.29) is 18.3 Å². The first kappa shape index (κ1) is 17.9. The van der Waals surface area contributed by atoms with Crippen molar-refractivity contribution >= 4 is 29.2 Å². The highest BCUT2D eigenvalue weighted by molar-refractivity contribution is 6.30. The number of carbonyl (C=O) groups excluding carboxylic acids is 2. The van der Waals surface area contributed by atoms with Gasteiger partial charge in [-0.3, -0.25) is 10.1 Å². The van der Waals surface area contributed by atoms with Gasteiger partial charge in [-0.25, -0.2) is 9.18 Å². The summed E-state index contributed by atoms with van der Waals surface area (Å²) in [6.07, 6.45) is 0. The van der Waals surface area contributed by atoms with Crippen molar-refractivity contribution in [1.29, 1.82) is 0 Å². The lowest BCUT2D eigenvalue weighted by atomic mass is 10.1. The minimum atomic E-state index is -0.786. The molecule has 0 heterocycles. The van der Waals surface area contributed by atoms with E-state index in [2.05, 4.69) is 16.0 Å². The van der Waals surface area contributed by atoms with Crippen LogP contribution in [0.4, 0.5) is 14.9 Å². The molecule has 1 unspecified atom stereocenters. The molecule has 0 radical (unpaired) electrons. The molecule has 0 saturated carbocycles. The molecule has 0 aliphatic heterocycles. The molecule has 2 aromatic rings. The number of para-hydroxylation sites is 1. The number of nitrogens with one attached hydrogen (secondary N) is 3. The van der Waals surface area contributed by atoms with Crippen LogP contribution in [0.1, 0.15) is 18.5 Å². The summed E-state index contributed by atoms with van der Waals surface area (Å²) >= 11 is 5.82. The Bertz CT molecular complexity index is 722. The Hall–Kier alpha value is -2.44. The molecule has 3 N–H and O–H groups in total. The molecule has 126 valence electrons. The first-order valence-corrected chi connectivity index (χ1v) is 7.67. The van der Waals surface area contributed by atoms with E-state index in [9.17, 15) is 14.0 Å². The van der Waals surface area contributed by atoms with Gasteiger partial charge in [0.25, 0.3) is 0 Å². The molecule has 3 amide bonds. The molecule has 0 aliphatic rings. The molecule has 0 fully saturated rings. The van der Waals surface area contributed by atoms with Gasteiger partial charge in [0.05, 0.1) is 12.2 Å². The van der Waals surface area contributed by atoms with E-state index in [0.29, 0.717) is 5.02 Å². The van der Waals surface area contributed by atoms with Crippen LogP contribution < -0.4 is 16.0 Å². The number of carbonyl (C=O) groups is 2. The first-order valence-electron chi connectivity index (χ1n) is 7.30. The Morgan fingerprint density at radius 1 is 1.12 bits per heavy atom. The zero-order valence-corrected chi connectivity index (χ0v) is 13.7. The van der Waals surface area contributed by atoms with Crippen molar-refractivity contribution in [3.63, 3.8) is 0 Å². The van der Waals surface area contributed by atoms with Crippen molar-refractivity contribution in [2.75, 3.05) is 11.9 Å². The van der Waals surface area contributed by atoms with Gasteiger partial charge in [0.15, 0.2) is 0 Å². The summed E-state index contributed by atoms with van der Waals surface area (Å²) in [7, 11) is 0. The van der Waals surface area contributed by atoms with Crippen molar-refractivity contribution in [1.82, 2.24) is 10.6 Å². The highest BCUT2D eigenvalue weighted by Gasteiger charge is 2.12. The predicted molar refractivity (Wildman–Crippen MR) is 91.4 cm³/mol. The quantitative estimate of drug-likeness (QED) is 0.774. The Kier molecular flexibility index (Phi) is 6.28. The molecule has 0 aromatic heterocycles. The third kappa shape index (κ3) is 5.33. The molecule has 0 aliphatic carbocycles. The van der Waals surface area contributed by atoms with Gasteiger partial charge in [-0.1, -0.05) is 35.9 Å². The van der Waals surface area contributed by atoms with Crippen molar-refractivity contribution in [2.24, 2.45) is 0 Å². The average Bonchev–Trinajstić information content (AvgIpc) is 2.55. The highest BCUT2D eigenvalue weighted by atomic mass is 35.5. The second-order valence-electron chi connectivity index (χ2n) is 5.14. The van der Waals surface area contributed by atoms with Gasteiger partial charge in [0.2, 0.25) is 5.91 Å². The maximum absolute atomic E-state index is 13.4. The standard InChI is InChI=1S/C17H17ClFN3O2/c1-11(12-6-8-13(18)9-7-12)20-10-16(23)22-17(24)21-15-5-3-2-4-14(15)19/h2-9,11,20H,10H2,1H3,(H2,21,22,23,24). The molecule has 7 heteroatoms. The number of halogens is 2. The Morgan fingerprint density at radius 2 is 1.79 bits per heavy atom. The summed E-state index contributed by atoms with van der Waals surface area (Å²) in [6.45, 7) is 1.82. The lowest BCUT2D eigenvalue weighted by Gasteiger charge is -2.14. The third-order valence-corrected chi connectivity index (χ3v) is 3.57. The third-order valence-electron chi connectivity index (χ3n) is 3.31. The Labute approximate surface area is 144 Å². The Morgan fingerprint density at radius 3 is 2.46 bits per heavy atom. The minimum absolute atomic E-state index is 0.00490. The number of amides is 3. The van der Waals surface area contributed by atoms with Crippen molar-refractivity contribution in [2.45, 2.75) is 13.0 Å². The predicted octanol–water partition coefficient (Wildman–Crippen LogP) is 3.48. The molecule has 5 nitrogen and oxygen atoms in total. The fourth-order valence-electron chi connectivity index (χ4n) is 2.00. The molecule has 0 bridgehead atoms. The summed E-state index contributed by atoms with van der Waals surface area (Å²) < 4.78 is 13.4. The number of urea groups is 1. The lowest BCUT2D eigenvalue weighted by molar-refractivity contribution is -0.119. The largest absolute Gasteiger partial charge is 0.326 e. The molecular weight excluding hydrogens is 333 g/mol. The van der Waals surface area contributed by atoms with Gasteiger partial charge < -0.3 is 10.6 Å². The van der Waals surface area contributed by atoms with Gasteiger partial charge in [-0.05, 0) is 36.8 Å². The summed E-state index contributed by atoms with van der Waals surface area (Å²) in [4.78, 5) is 23.4. The second kappa shape index (κ2) is 8.42. The van der Waals surface area contributed by atoms with E-state index >= 15 is 0 Å². The zero-order chi connectivity index (χ0) is 17.5. The number of anilines is 1. The van der Waals surface area contributed by atoms with E-state index < -0.39 is 17.8 Å². The maximum Gasteiger partial charge on any atom is 0.326 e. The Balaban J connectivity index is 1.79. The number of rotatable bonds is 5. The summed E-state index contributed by atoms with van der Waals surface area (Å²) in [5, 5.41) is 8.03. The van der Waals surface area contributed by atoms with Gasteiger partial charge >= 0.3 is 6.03 Å². The molecular formula is C17H17ClFN3O2. The number of hydrogen-bond donors (Lipinski definition) is 3. The maximum atomic E-state index is 13.4. The average molecular weight is 350 g/mol. The van der Waals surface area contributed by atoms with Crippen LogP contribution in [-0.2, 0) is 4.79 Å². The van der Waals surface area contributed by atoms with Crippen molar-refractivity contribution in [3.8, 4) is 0 Å². The fraction of sp³-hybridized carbons (Fsp3) is 0.176. The van der Waals surface area contributed by atoms with Gasteiger partial charge in [-0.15, -0.1) is 0 Å². The number of imide groups is 1. The van der Waals surface area contributed by atoms with Gasteiger partial charge in [-0.2, -0.15) is 0 Å². The first-order chi connectivity index (χ1) is 11.5. The van der Waals surface area contributed by atoms with E-state index in [0.717, 1.165) is 5.56 Å². The van der Waals surface area contributed by atoms with Crippen LogP contribution in [-0.4, -0.2) is 18.5 Å². The molecule has 24 heavy (non-hydrogen) atoms. The van der Waals surface area contributed by atoms with E-state index in [4.69, 9.17) is 11.6 Å². The van der Waals surface area contributed by atoms with Crippen molar-refractivity contribution in [3.05, 3.63) is 64.9 Å². The summed E-state index contributed by atoms with van der Waals surface area (Å²) in [5.74, 6) is -1.10. The van der Waals surface area contributed by atoms with Crippen LogP contribution in [0.15, 0.2) is 48.5 Å². The van der Waals surface area contributed by atoms with Crippen LogP contribution in [0.2, 0.25) is 5.02 Å². The molecule has 0 saturated heterocycles. The SMILES string of the molecule is CC(NCC(=O)NC(=O)Nc1ccccc1F)c1ccc(Cl)cc1. The molecule has 1 atom stereocenters. The topological polar surface area (TPSA) is 70.2 Å². The van der Waals surface area contributed by atoms with Crippen LogP contribution in [0.3, 0.4) is 0 Å². The highest BCUT2D eigenvalue weighted by Crippen LogP contribution is 2.15. The number of hydrogen-bond acceptors (Lipinski definition) is 3. The van der Waals surface area contributed by atoms with E-state index in [1.165, 1.54) is 18.2 Å². The fourth-order valence-corrected chi connectivity index (χ4v) is 2.13. The normalized spacial score (nSPS) is 11.6. The van der Waals surface area contributed by atoms with Crippen LogP contribution >= 0.6 is 11.6 Å². The summed E-state index contributed by atoms with van der Waals surface area (Å²) in [5.41, 5.74) is 0.966. The smallest absolute Gasteiger partial charge is 0.305 e. The zero-order valence-electron chi connectivity index (χ0n) is 13.0. The van der Waals surface area contributed by atoms with Crippen LogP contribution in [0, 0.1) is 5.82 Å². The van der Waals surface area contributed by atoms with E-state index in [1.807, 2.05) is 19.1 Å².